The van der Waals surface area contributed by atoms with Gasteiger partial charge in [0.25, 0.3) is 11.7 Å². The molecule has 1 aliphatic heterocycles. The lowest BCUT2D eigenvalue weighted by Gasteiger charge is -2.25. The van der Waals surface area contributed by atoms with Crippen LogP contribution >= 0.6 is 0 Å². The van der Waals surface area contributed by atoms with Crippen LogP contribution < -0.4 is 0 Å². The van der Waals surface area contributed by atoms with E-state index in [1.807, 2.05) is 31.2 Å². The molecule has 0 radical (unpaired) electrons. The minimum absolute atomic E-state index is 0.0930. The molecular formula is C24H26N2O3. The molecule has 5 heteroatoms. The summed E-state index contributed by atoms with van der Waals surface area (Å²) >= 11 is 0. The van der Waals surface area contributed by atoms with Crippen molar-refractivity contribution < 1.29 is 14.7 Å². The molecule has 2 heterocycles. The standard InChI is InChI=1S/C24H26N2O3/c1-2-3-13-26-21(19-9-6-12-25-15-19)20(23(28)24(26)29)22(27)18-11-10-16-7-4-5-8-17(16)14-18/h6,9-12,14-15,21,27H,2-5,7-8,13H2,1H3/b22-20-. The topological polar surface area (TPSA) is 70.5 Å². The van der Waals surface area contributed by atoms with Gasteiger partial charge >= 0.3 is 0 Å². The Morgan fingerprint density at radius 1 is 1.17 bits per heavy atom. The van der Waals surface area contributed by atoms with Crippen molar-refractivity contribution in [2.24, 2.45) is 0 Å². The lowest BCUT2D eigenvalue weighted by atomic mass is 9.89. The Morgan fingerprint density at radius 3 is 2.69 bits per heavy atom. The number of amides is 1. The van der Waals surface area contributed by atoms with E-state index in [1.165, 1.54) is 17.5 Å². The third-order valence-corrected chi connectivity index (χ3v) is 5.91. The van der Waals surface area contributed by atoms with Crippen LogP contribution in [-0.4, -0.2) is 33.2 Å². The number of likely N-dealkylation sites (tertiary alicyclic amines) is 1. The first-order valence-corrected chi connectivity index (χ1v) is 10.4. The van der Waals surface area contributed by atoms with Crippen LogP contribution in [0, 0.1) is 0 Å². The summed E-state index contributed by atoms with van der Waals surface area (Å²) in [5.41, 5.74) is 4.03. The van der Waals surface area contributed by atoms with E-state index in [2.05, 4.69) is 4.98 Å². The summed E-state index contributed by atoms with van der Waals surface area (Å²) in [6, 6.07) is 8.90. The molecule has 1 saturated heterocycles. The van der Waals surface area contributed by atoms with Gasteiger partial charge in [-0.05, 0) is 60.9 Å². The molecule has 2 aliphatic rings. The lowest BCUT2D eigenvalue weighted by molar-refractivity contribution is -0.139. The third kappa shape index (κ3) is 3.57. The largest absolute Gasteiger partial charge is 0.507 e. The van der Waals surface area contributed by atoms with Gasteiger partial charge in [0.05, 0.1) is 11.6 Å². The summed E-state index contributed by atoms with van der Waals surface area (Å²) < 4.78 is 0. The number of aliphatic hydroxyl groups excluding tert-OH is 1. The summed E-state index contributed by atoms with van der Waals surface area (Å²) in [6.07, 6.45) is 9.37. The molecule has 1 N–H and O–H groups in total. The molecule has 1 aliphatic carbocycles. The number of Topliss-reactive ketones (excluding diaryl/α,β-unsaturated/α-hetero) is 1. The average molecular weight is 390 g/mol. The highest BCUT2D eigenvalue weighted by Gasteiger charge is 2.45. The molecule has 0 saturated carbocycles. The van der Waals surface area contributed by atoms with Crippen LogP contribution in [0.4, 0.5) is 0 Å². The maximum Gasteiger partial charge on any atom is 0.295 e. The van der Waals surface area contributed by atoms with Gasteiger partial charge in [0, 0.05) is 24.5 Å². The number of pyridine rings is 1. The predicted molar refractivity (Wildman–Crippen MR) is 111 cm³/mol. The minimum Gasteiger partial charge on any atom is -0.507 e. The van der Waals surface area contributed by atoms with E-state index in [4.69, 9.17) is 0 Å². The number of aryl methyl sites for hydroxylation is 2. The van der Waals surface area contributed by atoms with Crippen LogP contribution in [0.2, 0.25) is 0 Å². The van der Waals surface area contributed by atoms with Crippen LogP contribution in [0.3, 0.4) is 0 Å². The van der Waals surface area contributed by atoms with Crippen molar-refractivity contribution >= 4 is 17.4 Å². The fourth-order valence-electron chi connectivity index (χ4n) is 4.36. The molecule has 150 valence electrons. The van der Waals surface area contributed by atoms with Gasteiger partial charge < -0.3 is 10.0 Å². The molecule has 29 heavy (non-hydrogen) atoms. The number of aromatic nitrogens is 1. The Hall–Kier alpha value is -2.95. The molecule has 5 nitrogen and oxygen atoms in total. The quantitative estimate of drug-likeness (QED) is 0.472. The molecule has 0 spiro atoms. The zero-order chi connectivity index (χ0) is 20.4. The van der Waals surface area contributed by atoms with Gasteiger partial charge in [0.1, 0.15) is 5.76 Å². The maximum atomic E-state index is 12.9. The number of carbonyl (C=O) groups excluding carboxylic acids is 2. The van der Waals surface area contributed by atoms with Gasteiger partial charge in [-0.2, -0.15) is 0 Å². The van der Waals surface area contributed by atoms with E-state index in [-0.39, 0.29) is 11.3 Å². The van der Waals surface area contributed by atoms with Crippen molar-refractivity contribution in [2.75, 3.05) is 6.54 Å². The Morgan fingerprint density at radius 2 is 1.97 bits per heavy atom. The van der Waals surface area contributed by atoms with E-state index in [1.54, 1.807) is 23.4 Å². The highest BCUT2D eigenvalue weighted by molar-refractivity contribution is 6.46. The van der Waals surface area contributed by atoms with Crippen molar-refractivity contribution in [3.05, 3.63) is 70.6 Å². The monoisotopic (exact) mass is 390 g/mol. The highest BCUT2D eigenvalue weighted by atomic mass is 16.3. The second kappa shape index (κ2) is 8.19. The molecule has 1 aromatic heterocycles. The van der Waals surface area contributed by atoms with Crippen molar-refractivity contribution in [3.8, 4) is 0 Å². The zero-order valence-corrected chi connectivity index (χ0v) is 16.7. The first-order chi connectivity index (χ1) is 14.1. The highest BCUT2D eigenvalue weighted by Crippen LogP contribution is 2.39. The summed E-state index contributed by atoms with van der Waals surface area (Å²) in [4.78, 5) is 31.5. The van der Waals surface area contributed by atoms with Crippen molar-refractivity contribution in [1.82, 2.24) is 9.88 Å². The summed E-state index contributed by atoms with van der Waals surface area (Å²) in [7, 11) is 0. The predicted octanol–water partition coefficient (Wildman–Crippen LogP) is 4.18. The van der Waals surface area contributed by atoms with E-state index >= 15 is 0 Å². The number of unbranched alkanes of at least 4 members (excludes halogenated alkanes) is 1. The number of hydrogen-bond acceptors (Lipinski definition) is 4. The molecular weight excluding hydrogens is 364 g/mol. The van der Waals surface area contributed by atoms with Crippen molar-refractivity contribution in [1.29, 1.82) is 0 Å². The van der Waals surface area contributed by atoms with Crippen molar-refractivity contribution in [3.63, 3.8) is 0 Å². The van der Waals surface area contributed by atoms with Gasteiger partial charge in [-0.1, -0.05) is 31.5 Å². The molecule has 1 amide bonds. The van der Waals surface area contributed by atoms with Gasteiger partial charge in [0.15, 0.2) is 0 Å². The molecule has 1 atom stereocenters. The van der Waals surface area contributed by atoms with Crippen LogP contribution in [0.5, 0.6) is 0 Å². The van der Waals surface area contributed by atoms with E-state index in [0.717, 1.165) is 37.7 Å². The fourth-order valence-corrected chi connectivity index (χ4v) is 4.36. The smallest absolute Gasteiger partial charge is 0.295 e. The second-order valence-corrected chi connectivity index (χ2v) is 7.82. The molecule has 2 aromatic rings. The van der Waals surface area contributed by atoms with E-state index in [0.29, 0.717) is 12.1 Å². The third-order valence-electron chi connectivity index (χ3n) is 5.91. The second-order valence-electron chi connectivity index (χ2n) is 7.82. The number of carbonyl (C=O) groups is 2. The Kier molecular flexibility index (Phi) is 5.47. The molecule has 1 unspecified atom stereocenters. The molecule has 0 bridgehead atoms. The first kappa shape index (κ1) is 19.4. The number of hydrogen-bond donors (Lipinski definition) is 1. The number of benzene rings is 1. The Bertz CT molecular complexity index is 965. The van der Waals surface area contributed by atoms with Gasteiger partial charge in [-0.3, -0.25) is 14.6 Å². The van der Waals surface area contributed by atoms with Crippen molar-refractivity contribution in [2.45, 2.75) is 51.5 Å². The van der Waals surface area contributed by atoms with Gasteiger partial charge in [0.2, 0.25) is 0 Å². The number of ketones is 1. The van der Waals surface area contributed by atoms with Crippen LogP contribution in [0.25, 0.3) is 5.76 Å². The summed E-state index contributed by atoms with van der Waals surface area (Å²) in [5.74, 6) is -1.26. The Balaban J connectivity index is 1.82. The summed E-state index contributed by atoms with van der Waals surface area (Å²) in [5, 5.41) is 11.1. The van der Waals surface area contributed by atoms with Gasteiger partial charge in [-0.25, -0.2) is 0 Å². The number of rotatable bonds is 5. The van der Waals surface area contributed by atoms with E-state index in [9.17, 15) is 14.7 Å². The van der Waals surface area contributed by atoms with Gasteiger partial charge in [-0.15, -0.1) is 0 Å². The number of nitrogens with zero attached hydrogens (tertiary/aromatic N) is 2. The van der Waals surface area contributed by atoms with Crippen LogP contribution in [0.1, 0.15) is 60.9 Å². The fraction of sp³-hybridized carbons (Fsp3) is 0.375. The minimum atomic E-state index is -0.620. The lowest BCUT2D eigenvalue weighted by Crippen LogP contribution is -2.30. The normalized spacial score (nSPS) is 20.7. The summed E-state index contributed by atoms with van der Waals surface area (Å²) in [6.45, 7) is 2.52. The average Bonchev–Trinajstić information content (AvgIpc) is 3.02. The zero-order valence-electron chi connectivity index (χ0n) is 16.7. The van der Waals surface area contributed by atoms with E-state index < -0.39 is 17.7 Å². The SMILES string of the molecule is CCCCN1C(=O)C(=O)/C(=C(\O)c2ccc3c(c2)CCCC3)C1c1cccnc1. The Labute approximate surface area is 171 Å². The first-order valence-electron chi connectivity index (χ1n) is 10.4. The number of fused-ring (bicyclic) bond motifs is 1. The van der Waals surface area contributed by atoms with Crippen LogP contribution in [-0.2, 0) is 22.4 Å². The number of aliphatic hydroxyl groups is 1. The molecule has 1 fully saturated rings. The van der Waals surface area contributed by atoms with Crippen LogP contribution in [0.15, 0.2) is 48.3 Å². The molecule has 4 rings (SSSR count). The maximum absolute atomic E-state index is 12.9. The molecule has 1 aromatic carbocycles.